The number of nitrogens with zero attached hydrogens (tertiary/aromatic N) is 1. The molecule has 0 bridgehead atoms. The van der Waals surface area contributed by atoms with Gasteiger partial charge in [-0.2, -0.15) is 0 Å². The summed E-state index contributed by atoms with van der Waals surface area (Å²) >= 11 is 3.43. The van der Waals surface area contributed by atoms with Crippen molar-refractivity contribution in [3.8, 4) is 5.88 Å². The molecular formula is C13H21BrN2O. The zero-order valence-corrected chi connectivity index (χ0v) is 12.5. The molecule has 0 saturated heterocycles. The van der Waals surface area contributed by atoms with Crippen molar-refractivity contribution in [2.24, 2.45) is 5.92 Å². The van der Waals surface area contributed by atoms with Crippen LogP contribution in [0.3, 0.4) is 0 Å². The third kappa shape index (κ3) is 5.04. The minimum atomic E-state index is 0.194. The van der Waals surface area contributed by atoms with Crippen molar-refractivity contribution < 1.29 is 4.74 Å². The molecule has 1 aromatic heterocycles. The first kappa shape index (κ1) is 14.5. The molecule has 96 valence electrons. The number of aromatic nitrogens is 1. The lowest BCUT2D eigenvalue weighted by Gasteiger charge is -2.18. The maximum atomic E-state index is 5.89. The van der Waals surface area contributed by atoms with E-state index in [2.05, 4.69) is 47.0 Å². The third-order valence-corrected chi connectivity index (χ3v) is 2.81. The highest BCUT2D eigenvalue weighted by Gasteiger charge is 2.11. The summed E-state index contributed by atoms with van der Waals surface area (Å²) < 4.78 is 6.87. The Morgan fingerprint density at radius 3 is 2.71 bits per heavy atom. The van der Waals surface area contributed by atoms with E-state index >= 15 is 0 Å². The minimum absolute atomic E-state index is 0.194. The Morgan fingerprint density at radius 1 is 1.41 bits per heavy atom. The standard InChI is InChI=1S/C13H21BrN2O/c1-9(2)5-10(3)17-13-11(7-15-4)6-12(14)8-16-13/h6,8-10,15H,5,7H2,1-4H3. The van der Waals surface area contributed by atoms with Crippen LogP contribution < -0.4 is 10.1 Å². The Labute approximate surface area is 112 Å². The van der Waals surface area contributed by atoms with Crippen molar-refractivity contribution in [2.45, 2.75) is 39.8 Å². The first-order valence-corrected chi connectivity index (χ1v) is 6.78. The zero-order valence-electron chi connectivity index (χ0n) is 11.0. The van der Waals surface area contributed by atoms with Crippen molar-refractivity contribution in [2.75, 3.05) is 7.05 Å². The summed E-state index contributed by atoms with van der Waals surface area (Å²) in [6.07, 6.45) is 3.01. The van der Waals surface area contributed by atoms with E-state index in [4.69, 9.17) is 4.74 Å². The number of nitrogens with one attached hydrogen (secondary N) is 1. The van der Waals surface area contributed by atoms with Gasteiger partial charge in [0.1, 0.15) is 0 Å². The Bertz CT molecular complexity index is 355. The number of hydrogen-bond donors (Lipinski definition) is 1. The van der Waals surface area contributed by atoms with Crippen molar-refractivity contribution in [1.82, 2.24) is 10.3 Å². The van der Waals surface area contributed by atoms with Crippen LogP contribution in [0.2, 0.25) is 0 Å². The largest absolute Gasteiger partial charge is 0.474 e. The molecule has 3 nitrogen and oxygen atoms in total. The maximum Gasteiger partial charge on any atom is 0.218 e. The molecule has 0 aliphatic carbocycles. The van der Waals surface area contributed by atoms with Crippen LogP contribution in [0.15, 0.2) is 16.7 Å². The predicted octanol–water partition coefficient (Wildman–Crippen LogP) is 3.38. The lowest BCUT2D eigenvalue weighted by molar-refractivity contribution is 0.183. The van der Waals surface area contributed by atoms with Gasteiger partial charge in [-0.05, 0) is 48.3 Å². The van der Waals surface area contributed by atoms with Gasteiger partial charge in [-0.25, -0.2) is 4.98 Å². The molecule has 0 saturated carbocycles. The van der Waals surface area contributed by atoms with Gasteiger partial charge < -0.3 is 10.1 Å². The highest BCUT2D eigenvalue weighted by molar-refractivity contribution is 9.10. The minimum Gasteiger partial charge on any atom is -0.474 e. The molecule has 0 aliphatic heterocycles. The number of ether oxygens (including phenoxy) is 1. The second kappa shape index (κ2) is 6.97. The van der Waals surface area contributed by atoms with E-state index in [0.717, 1.165) is 28.9 Å². The monoisotopic (exact) mass is 300 g/mol. The first-order valence-electron chi connectivity index (χ1n) is 5.98. The summed E-state index contributed by atoms with van der Waals surface area (Å²) in [5, 5.41) is 3.12. The van der Waals surface area contributed by atoms with Gasteiger partial charge in [0.25, 0.3) is 0 Å². The van der Waals surface area contributed by atoms with Crippen LogP contribution >= 0.6 is 15.9 Å². The molecule has 1 unspecified atom stereocenters. The lowest BCUT2D eigenvalue weighted by atomic mass is 10.1. The Balaban J connectivity index is 2.75. The molecule has 1 atom stereocenters. The van der Waals surface area contributed by atoms with Crippen LogP contribution in [0.25, 0.3) is 0 Å². The normalized spacial score (nSPS) is 12.8. The molecular weight excluding hydrogens is 280 g/mol. The average Bonchev–Trinajstić information content (AvgIpc) is 2.21. The van der Waals surface area contributed by atoms with Crippen molar-refractivity contribution >= 4 is 15.9 Å². The smallest absolute Gasteiger partial charge is 0.218 e. The van der Waals surface area contributed by atoms with Gasteiger partial charge in [0.05, 0.1) is 6.10 Å². The van der Waals surface area contributed by atoms with Crippen LogP contribution in [0.5, 0.6) is 5.88 Å². The molecule has 0 aliphatic rings. The Hall–Kier alpha value is -0.610. The Morgan fingerprint density at radius 2 is 2.12 bits per heavy atom. The van der Waals surface area contributed by atoms with Crippen LogP contribution in [-0.2, 0) is 6.54 Å². The zero-order chi connectivity index (χ0) is 12.8. The fourth-order valence-electron chi connectivity index (χ4n) is 1.79. The van der Waals surface area contributed by atoms with E-state index < -0.39 is 0 Å². The summed E-state index contributed by atoms with van der Waals surface area (Å²) in [6, 6.07) is 2.04. The van der Waals surface area contributed by atoms with Crippen molar-refractivity contribution in [3.63, 3.8) is 0 Å². The summed E-state index contributed by atoms with van der Waals surface area (Å²) in [7, 11) is 1.92. The van der Waals surface area contributed by atoms with Crippen LogP contribution in [0, 0.1) is 5.92 Å². The van der Waals surface area contributed by atoms with Gasteiger partial charge in [0.2, 0.25) is 5.88 Å². The van der Waals surface area contributed by atoms with Crippen LogP contribution in [-0.4, -0.2) is 18.1 Å². The van der Waals surface area contributed by atoms with E-state index in [1.807, 2.05) is 13.1 Å². The fraction of sp³-hybridized carbons (Fsp3) is 0.615. The molecule has 1 aromatic rings. The summed E-state index contributed by atoms with van der Waals surface area (Å²) in [4.78, 5) is 4.34. The van der Waals surface area contributed by atoms with E-state index in [-0.39, 0.29) is 6.10 Å². The molecule has 17 heavy (non-hydrogen) atoms. The highest BCUT2D eigenvalue weighted by atomic mass is 79.9. The quantitative estimate of drug-likeness (QED) is 0.874. The van der Waals surface area contributed by atoms with E-state index in [1.165, 1.54) is 0 Å². The maximum absolute atomic E-state index is 5.89. The molecule has 0 amide bonds. The molecule has 0 spiro atoms. The SMILES string of the molecule is CNCc1cc(Br)cnc1OC(C)CC(C)C. The van der Waals surface area contributed by atoms with Gasteiger partial charge in [0, 0.05) is 22.8 Å². The van der Waals surface area contributed by atoms with Gasteiger partial charge in [-0.1, -0.05) is 13.8 Å². The van der Waals surface area contributed by atoms with Gasteiger partial charge in [-0.15, -0.1) is 0 Å². The Kier molecular flexibility index (Phi) is 5.92. The summed E-state index contributed by atoms with van der Waals surface area (Å²) in [6.45, 7) is 7.25. The number of hydrogen-bond acceptors (Lipinski definition) is 3. The van der Waals surface area contributed by atoms with Crippen molar-refractivity contribution in [1.29, 1.82) is 0 Å². The van der Waals surface area contributed by atoms with Crippen LogP contribution in [0.1, 0.15) is 32.8 Å². The predicted molar refractivity (Wildman–Crippen MR) is 74.2 cm³/mol. The molecule has 1 heterocycles. The molecule has 4 heteroatoms. The molecule has 0 aromatic carbocycles. The molecule has 1 N–H and O–H groups in total. The first-order chi connectivity index (χ1) is 8.02. The second-order valence-corrected chi connectivity index (χ2v) is 5.62. The van der Waals surface area contributed by atoms with E-state index in [1.54, 1.807) is 6.20 Å². The topological polar surface area (TPSA) is 34.2 Å². The van der Waals surface area contributed by atoms with Gasteiger partial charge in [0.15, 0.2) is 0 Å². The molecule has 0 fully saturated rings. The molecule has 0 radical (unpaired) electrons. The third-order valence-electron chi connectivity index (χ3n) is 2.38. The number of pyridine rings is 1. The van der Waals surface area contributed by atoms with Crippen molar-refractivity contribution in [3.05, 3.63) is 22.3 Å². The second-order valence-electron chi connectivity index (χ2n) is 4.71. The number of rotatable bonds is 6. The van der Waals surface area contributed by atoms with Gasteiger partial charge in [-0.3, -0.25) is 0 Å². The number of halogens is 1. The summed E-state index contributed by atoms with van der Waals surface area (Å²) in [5.74, 6) is 1.36. The highest BCUT2D eigenvalue weighted by Crippen LogP contribution is 2.22. The van der Waals surface area contributed by atoms with E-state index in [9.17, 15) is 0 Å². The lowest BCUT2D eigenvalue weighted by Crippen LogP contribution is -2.17. The van der Waals surface area contributed by atoms with E-state index in [0.29, 0.717) is 5.92 Å². The average molecular weight is 301 g/mol. The fourth-order valence-corrected chi connectivity index (χ4v) is 2.17. The summed E-state index contributed by atoms with van der Waals surface area (Å²) in [5.41, 5.74) is 1.08. The molecule has 1 rings (SSSR count). The van der Waals surface area contributed by atoms with Crippen LogP contribution in [0.4, 0.5) is 0 Å². The van der Waals surface area contributed by atoms with Gasteiger partial charge >= 0.3 is 0 Å².